The van der Waals surface area contributed by atoms with Crippen molar-refractivity contribution in [2.75, 3.05) is 20.3 Å². The van der Waals surface area contributed by atoms with Crippen molar-refractivity contribution >= 4 is 28.0 Å². The lowest BCUT2D eigenvalue weighted by Crippen LogP contribution is -2.37. The second-order valence-corrected chi connectivity index (χ2v) is 11.9. The molecule has 268 valence electrons. The number of halogens is 1. The van der Waals surface area contributed by atoms with Crippen molar-refractivity contribution in [3.05, 3.63) is 138 Å². The average Bonchev–Trinajstić information content (AvgIpc) is 3.74. The van der Waals surface area contributed by atoms with Crippen LogP contribution in [0.3, 0.4) is 0 Å². The van der Waals surface area contributed by atoms with Crippen LogP contribution in [-0.4, -0.2) is 72.3 Å². The van der Waals surface area contributed by atoms with Gasteiger partial charge >= 0.3 is 12.1 Å². The maximum Gasteiger partial charge on any atom is 0.416 e. The van der Waals surface area contributed by atoms with Crippen LogP contribution in [-0.2, 0) is 23.1 Å². The van der Waals surface area contributed by atoms with Crippen LogP contribution in [0.2, 0.25) is 0 Å². The Morgan fingerprint density at radius 3 is 1.75 bits per heavy atom. The Balaban J connectivity index is 0.000000310. The van der Waals surface area contributed by atoms with E-state index >= 15 is 0 Å². The van der Waals surface area contributed by atoms with Crippen LogP contribution in [0.4, 0.5) is 4.79 Å². The summed E-state index contributed by atoms with van der Waals surface area (Å²) in [7, 11) is 1.53. The highest BCUT2D eigenvalue weighted by Gasteiger charge is 2.20. The molecule has 0 atom stereocenters. The number of carbonyl (C=O) groups is 2. The van der Waals surface area contributed by atoms with Crippen molar-refractivity contribution in [3.8, 4) is 28.6 Å². The van der Waals surface area contributed by atoms with Crippen LogP contribution in [0.1, 0.15) is 28.3 Å². The number of carboxylic acid groups (broad SMARTS) is 1. The Labute approximate surface area is 309 Å². The van der Waals surface area contributed by atoms with Gasteiger partial charge in [-0.15, -0.1) is 0 Å². The summed E-state index contributed by atoms with van der Waals surface area (Å²) >= 11 is 3.38. The second-order valence-electron chi connectivity index (χ2n) is 11.4. The Morgan fingerprint density at radius 1 is 0.712 bits per heavy atom. The number of aliphatic carboxylic acids is 1. The van der Waals surface area contributed by atoms with E-state index in [0.717, 1.165) is 49.9 Å². The molecule has 0 radical (unpaired) electrons. The van der Waals surface area contributed by atoms with Gasteiger partial charge in [-0.05, 0) is 80.1 Å². The average molecular weight is 769 g/mol. The van der Waals surface area contributed by atoms with Crippen LogP contribution in [0, 0.1) is 13.8 Å². The predicted octanol–water partition coefficient (Wildman–Crippen LogP) is 6.76. The molecule has 52 heavy (non-hydrogen) atoms. The Bertz CT molecular complexity index is 2040. The quantitative estimate of drug-likeness (QED) is 0.125. The number of hydrogen-bond donors (Lipinski definition) is 1. The van der Waals surface area contributed by atoms with E-state index < -0.39 is 18.6 Å². The molecule has 2 aromatic heterocycles. The van der Waals surface area contributed by atoms with Crippen LogP contribution in [0.5, 0.6) is 17.2 Å². The normalized spacial score (nSPS) is 10.5. The van der Waals surface area contributed by atoms with Crippen LogP contribution in [0.25, 0.3) is 11.4 Å². The van der Waals surface area contributed by atoms with E-state index in [1.54, 1.807) is 58.1 Å². The summed E-state index contributed by atoms with van der Waals surface area (Å²) in [6.45, 7) is 3.84. The van der Waals surface area contributed by atoms with Gasteiger partial charge in [0.1, 0.15) is 23.8 Å². The fourth-order valence-corrected chi connectivity index (χ4v) is 5.38. The van der Waals surface area contributed by atoms with E-state index in [0.29, 0.717) is 24.5 Å². The number of amides is 1. The first-order valence-electron chi connectivity index (χ1n) is 16.3. The molecule has 1 amide bonds. The Hall–Kier alpha value is -6.02. The molecule has 0 aliphatic carbocycles. The molecule has 0 fully saturated rings. The minimum atomic E-state index is -1.14. The molecule has 14 heteroatoms. The lowest BCUT2D eigenvalue weighted by Gasteiger charge is -2.20. The number of nitrogens with zero attached hydrogens (tertiary/aromatic N) is 7. The van der Waals surface area contributed by atoms with Gasteiger partial charge in [0.25, 0.3) is 0 Å². The van der Waals surface area contributed by atoms with Crippen molar-refractivity contribution in [3.63, 3.8) is 0 Å². The van der Waals surface area contributed by atoms with Gasteiger partial charge < -0.3 is 19.3 Å². The highest BCUT2D eigenvalue weighted by Crippen LogP contribution is 2.20. The second kappa shape index (κ2) is 18.3. The number of aryl methyl sites for hydroxylation is 2. The topological polar surface area (TPSA) is 147 Å². The molecule has 6 aromatic rings. The number of alkyl halides is 1. The molecule has 6 rings (SSSR count). The third-order valence-corrected chi connectivity index (χ3v) is 8.14. The molecule has 0 aliphatic heterocycles. The zero-order chi connectivity index (χ0) is 36.9. The van der Waals surface area contributed by atoms with Gasteiger partial charge in [0.2, 0.25) is 0 Å². The van der Waals surface area contributed by atoms with Gasteiger partial charge in [-0.2, -0.15) is 30.0 Å². The molecule has 0 saturated carbocycles. The largest absolute Gasteiger partial charge is 0.497 e. The number of ether oxygens (including phenoxy) is 3. The summed E-state index contributed by atoms with van der Waals surface area (Å²) in [6, 6.07) is 33.1. The van der Waals surface area contributed by atoms with E-state index in [1.807, 2.05) is 74.5 Å². The number of hydrogen-bond acceptors (Lipinski definition) is 9. The monoisotopic (exact) mass is 767 g/mol. The summed E-state index contributed by atoms with van der Waals surface area (Å²) in [5.41, 5.74) is 6.25. The number of carboxylic acids is 1. The summed E-state index contributed by atoms with van der Waals surface area (Å²) in [5, 5.41) is 27.7. The number of carbonyl (C=O) groups excluding carboxylic acids is 1. The number of methoxy groups -OCH3 is 1. The van der Waals surface area contributed by atoms with Crippen LogP contribution in [0.15, 0.2) is 109 Å². The summed E-state index contributed by atoms with van der Waals surface area (Å²) < 4.78 is 16.3. The van der Waals surface area contributed by atoms with Crippen LogP contribution >= 0.6 is 15.9 Å². The lowest BCUT2D eigenvalue weighted by atomic mass is 10.2. The Kier molecular flexibility index (Phi) is 13.1. The Morgan fingerprint density at radius 2 is 1.23 bits per heavy atom. The van der Waals surface area contributed by atoms with Crippen molar-refractivity contribution in [1.82, 2.24) is 34.9 Å². The zero-order valence-electron chi connectivity index (χ0n) is 28.9. The molecule has 1 N–H and O–H groups in total. The fraction of sp³-hybridized carbons (Fsp3) is 0.211. The van der Waals surface area contributed by atoms with Crippen molar-refractivity contribution in [1.29, 1.82) is 0 Å². The lowest BCUT2D eigenvalue weighted by molar-refractivity contribution is -0.138. The summed E-state index contributed by atoms with van der Waals surface area (Å²) in [5.74, 6) is 0.403. The first-order chi connectivity index (χ1) is 25.2. The number of aromatic nitrogens is 6. The third kappa shape index (κ3) is 10.5. The van der Waals surface area contributed by atoms with Gasteiger partial charge in [0, 0.05) is 18.3 Å². The predicted molar refractivity (Wildman–Crippen MR) is 198 cm³/mol. The number of para-hydroxylation sites is 2. The van der Waals surface area contributed by atoms with Crippen LogP contribution < -0.4 is 14.2 Å². The SMILES string of the molecule is COc1ccc(OC(=O)N(CC(=O)O)Cc2ccc(OCCc3nn(-c4ccccc4)nc3C)cc2)cc1.Cc1nn(-c2ccccc2)nc1CBr. The molecular formula is C38H38BrN7O6. The van der Waals surface area contributed by atoms with E-state index in [9.17, 15) is 14.7 Å². The number of benzene rings is 4. The van der Waals surface area contributed by atoms with Crippen molar-refractivity contribution in [2.45, 2.75) is 32.1 Å². The van der Waals surface area contributed by atoms with E-state index in [2.05, 4.69) is 36.3 Å². The summed E-state index contributed by atoms with van der Waals surface area (Å²) in [6.07, 6.45) is -0.180. The molecule has 0 bridgehead atoms. The molecule has 0 aliphatic rings. The van der Waals surface area contributed by atoms with E-state index in [-0.39, 0.29) is 12.3 Å². The maximum absolute atomic E-state index is 12.6. The maximum atomic E-state index is 12.6. The minimum absolute atomic E-state index is 0.0589. The highest BCUT2D eigenvalue weighted by molar-refractivity contribution is 9.08. The standard InChI is InChI=1S/C28H28N4O6.C10H10BrN3/c1-20-26(30-32(29-20)22-6-4-3-5-7-22)16-17-37-24-10-8-21(9-11-24)18-31(19-27(33)34)28(35)38-25-14-12-23(36-2)13-15-25;1-8-10(7-11)13-14(12-8)9-5-3-2-4-6-9/h3-15H,16-19H2,1-2H3,(H,33,34);2-6H,7H2,1H3. The van der Waals surface area contributed by atoms with Crippen molar-refractivity contribution < 1.29 is 28.9 Å². The van der Waals surface area contributed by atoms with E-state index in [4.69, 9.17) is 14.2 Å². The van der Waals surface area contributed by atoms with Gasteiger partial charge in [0.15, 0.2) is 0 Å². The number of rotatable bonds is 13. The minimum Gasteiger partial charge on any atom is -0.497 e. The molecule has 13 nitrogen and oxygen atoms in total. The fourth-order valence-electron chi connectivity index (χ4n) is 4.86. The first kappa shape index (κ1) is 37.2. The molecule has 0 saturated heterocycles. The smallest absolute Gasteiger partial charge is 0.416 e. The van der Waals surface area contributed by atoms with Crippen molar-refractivity contribution in [2.24, 2.45) is 0 Å². The zero-order valence-corrected chi connectivity index (χ0v) is 30.5. The van der Waals surface area contributed by atoms with E-state index in [1.165, 1.54) is 7.11 Å². The van der Waals surface area contributed by atoms with Gasteiger partial charge in [-0.3, -0.25) is 9.69 Å². The third-order valence-electron chi connectivity index (χ3n) is 7.61. The molecule has 2 heterocycles. The molecule has 0 unspecified atom stereocenters. The van der Waals surface area contributed by atoms with Gasteiger partial charge in [-0.25, -0.2) is 4.79 Å². The van der Waals surface area contributed by atoms with Gasteiger partial charge in [0.05, 0.1) is 47.9 Å². The summed E-state index contributed by atoms with van der Waals surface area (Å²) in [4.78, 5) is 28.4. The molecule has 4 aromatic carbocycles. The van der Waals surface area contributed by atoms with Gasteiger partial charge in [-0.1, -0.05) is 64.5 Å². The molecule has 0 spiro atoms. The highest BCUT2D eigenvalue weighted by atomic mass is 79.9. The first-order valence-corrected chi connectivity index (χ1v) is 17.4. The molecular weight excluding hydrogens is 730 g/mol.